The monoisotopic (exact) mass is 350 g/mol. The van der Waals surface area contributed by atoms with Crippen LogP contribution in [-0.2, 0) is 4.79 Å². The van der Waals surface area contributed by atoms with Crippen LogP contribution in [0, 0.1) is 0 Å². The molecule has 2 aromatic carbocycles. The first kappa shape index (κ1) is 17.7. The molecule has 0 atom stereocenters. The van der Waals surface area contributed by atoms with Crippen LogP contribution in [0.3, 0.4) is 0 Å². The summed E-state index contributed by atoms with van der Waals surface area (Å²) in [7, 11) is 3.21. The molecule has 26 heavy (non-hydrogen) atoms. The molecule has 0 saturated heterocycles. The number of hydrogen-bond acceptors (Lipinski definition) is 4. The second kappa shape index (κ2) is 7.87. The first-order chi connectivity index (χ1) is 12.7. The van der Waals surface area contributed by atoms with Gasteiger partial charge in [0, 0.05) is 11.6 Å². The van der Waals surface area contributed by atoms with Crippen LogP contribution in [0.4, 0.5) is 5.69 Å². The van der Waals surface area contributed by atoms with Gasteiger partial charge in [0.2, 0.25) is 0 Å². The van der Waals surface area contributed by atoms with E-state index in [2.05, 4.69) is 12.0 Å². The highest BCUT2D eigenvalue weighted by Gasteiger charge is 2.30. The van der Waals surface area contributed by atoms with E-state index in [4.69, 9.17) is 9.47 Å². The number of anilines is 1. The van der Waals surface area contributed by atoms with Crippen LogP contribution in [0.15, 0.2) is 59.2 Å². The van der Waals surface area contributed by atoms with Gasteiger partial charge < -0.3 is 9.47 Å². The Bertz CT molecular complexity index is 857. The molecular weight excluding hydrogens is 328 g/mol. The Balaban J connectivity index is 2.02. The fourth-order valence-electron chi connectivity index (χ4n) is 2.86. The minimum atomic E-state index is -0.127. The normalized spacial score (nSPS) is 15.3. The lowest BCUT2D eigenvalue weighted by atomic mass is 10.0. The molecule has 2 aromatic rings. The van der Waals surface area contributed by atoms with Gasteiger partial charge in [-0.1, -0.05) is 31.5 Å². The predicted molar refractivity (Wildman–Crippen MR) is 104 cm³/mol. The maximum atomic E-state index is 13.0. The molecule has 5 nitrogen and oxygen atoms in total. The molecule has 1 amide bonds. The van der Waals surface area contributed by atoms with E-state index >= 15 is 0 Å². The summed E-state index contributed by atoms with van der Waals surface area (Å²) in [5, 5.41) is 6.03. The number of rotatable bonds is 6. The van der Waals surface area contributed by atoms with E-state index in [0.717, 1.165) is 29.8 Å². The van der Waals surface area contributed by atoms with Crippen molar-refractivity contribution in [1.29, 1.82) is 0 Å². The van der Waals surface area contributed by atoms with Crippen LogP contribution >= 0.6 is 0 Å². The molecule has 1 aliphatic rings. The largest absolute Gasteiger partial charge is 0.497 e. The van der Waals surface area contributed by atoms with Crippen LogP contribution in [0.25, 0.3) is 6.08 Å². The van der Waals surface area contributed by atoms with Crippen LogP contribution in [0.5, 0.6) is 11.5 Å². The van der Waals surface area contributed by atoms with Gasteiger partial charge in [0.15, 0.2) is 0 Å². The van der Waals surface area contributed by atoms with Gasteiger partial charge in [-0.2, -0.15) is 10.1 Å². The SMILES string of the molecule is CCCC1=NN(c2ccccc2)C(=O)/C1=C\c1ccc(OC)cc1OC. The van der Waals surface area contributed by atoms with Gasteiger partial charge in [0.1, 0.15) is 11.5 Å². The lowest BCUT2D eigenvalue weighted by Crippen LogP contribution is -2.21. The van der Waals surface area contributed by atoms with Crippen LogP contribution in [0.1, 0.15) is 25.3 Å². The van der Waals surface area contributed by atoms with Crippen molar-refractivity contribution in [2.24, 2.45) is 5.10 Å². The molecule has 1 heterocycles. The van der Waals surface area contributed by atoms with Crippen LogP contribution < -0.4 is 14.5 Å². The van der Waals surface area contributed by atoms with Gasteiger partial charge in [-0.15, -0.1) is 0 Å². The summed E-state index contributed by atoms with van der Waals surface area (Å²) >= 11 is 0. The molecule has 0 aliphatic carbocycles. The van der Waals surface area contributed by atoms with Gasteiger partial charge in [0.05, 0.1) is 31.2 Å². The van der Waals surface area contributed by atoms with Crippen molar-refractivity contribution >= 4 is 23.4 Å². The zero-order valence-corrected chi connectivity index (χ0v) is 15.2. The molecule has 0 aromatic heterocycles. The molecule has 0 saturated carbocycles. The summed E-state index contributed by atoms with van der Waals surface area (Å²) in [5.74, 6) is 1.23. The third-order valence-corrected chi connectivity index (χ3v) is 4.18. The number of para-hydroxylation sites is 1. The Labute approximate surface area is 153 Å². The summed E-state index contributed by atoms with van der Waals surface area (Å²) in [4.78, 5) is 13.0. The zero-order chi connectivity index (χ0) is 18.5. The second-order valence-electron chi connectivity index (χ2n) is 5.92. The lowest BCUT2D eigenvalue weighted by Gasteiger charge is -2.11. The number of hydrazone groups is 1. The smallest absolute Gasteiger partial charge is 0.280 e. The summed E-state index contributed by atoms with van der Waals surface area (Å²) in [6, 6.07) is 15.0. The van der Waals surface area contributed by atoms with Crippen molar-refractivity contribution < 1.29 is 14.3 Å². The van der Waals surface area contributed by atoms with E-state index in [9.17, 15) is 4.79 Å². The molecule has 134 valence electrons. The van der Waals surface area contributed by atoms with E-state index in [0.29, 0.717) is 17.1 Å². The number of carbonyl (C=O) groups is 1. The summed E-state index contributed by atoms with van der Waals surface area (Å²) < 4.78 is 10.7. The standard InChI is InChI=1S/C21H22N2O3/c1-4-8-19-18(13-15-11-12-17(25-2)14-20(15)26-3)21(24)23(22-19)16-9-6-5-7-10-16/h5-7,9-14H,4,8H2,1-3H3/b18-13-. The van der Waals surface area contributed by atoms with E-state index in [-0.39, 0.29) is 5.91 Å². The first-order valence-corrected chi connectivity index (χ1v) is 8.59. The Morgan fingerprint density at radius 3 is 2.50 bits per heavy atom. The minimum Gasteiger partial charge on any atom is -0.497 e. The van der Waals surface area contributed by atoms with E-state index in [1.807, 2.05) is 48.5 Å². The Morgan fingerprint density at radius 1 is 1.08 bits per heavy atom. The van der Waals surface area contributed by atoms with Gasteiger partial charge in [0.25, 0.3) is 5.91 Å². The summed E-state index contributed by atoms with van der Waals surface area (Å²) in [6.45, 7) is 2.07. The van der Waals surface area contributed by atoms with Gasteiger partial charge >= 0.3 is 0 Å². The molecule has 0 bridgehead atoms. The highest BCUT2D eigenvalue weighted by atomic mass is 16.5. The number of benzene rings is 2. The van der Waals surface area contributed by atoms with E-state index in [1.165, 1.54) is 5.01 Å². The molecule has 1 aliphatic heterocycles. The average Bonchev–Trinajstić information content (AvgIpc) is 2.99. The highest BCUT2D eigenvalue weighted by Crippen LogP contribution is 2.30. The fraction of sp³-hybridized carbons (Fsp3) is 0.238. The number of methoxy groups -OCH3 is 2. The number of nitrogens with zero attached hydrogens (tertiary/aromatic N) is 2. The molecule has 3 rings (SSSR count). The zero-order valence-electron chi connectivity index (χ0n) is 15.2. The van der Waals surface area contributed by atoms with Crippen LogP contribution in [0.2, 0.25) is 0 Å². The third kappa shape index (κ3) is 3.47. The highest BCUT2D eigenvalue weighted by molar-refractivity contribution is 6.32. The van der Waals surface area contributed by atoms with Crippen molar-refractivity contribution in [2.75, 3.05) is 19.2 Å². The molecule has 0 N–H and O–H groups in total. The van der Waals surface area contributed by atoms with E-state index < -0.39 is 0 Å². The Morgan fingerprint density at radius 2 is 1.85 bits per heavy atom. The van der Waals surface area contributed by atoms with Crippen LogP contribution in [-0.4, -0.2) is 25.8 Å². The number of amides is 1. The van der Waals surface area contributed by atoms with Gasteiger partial charge in [-0.3, -0.25) is 4.79 Å². The molecule has 0 unspecified atom stereocenters. The lowest BCUT2D eigenvalue weighted by molar-refractivity contribution is -0.114. The average molecular weight is 350 g/mol. The quantitative estimate of drug-likeness (QED) is 0.730. The van der Waals surface area contributed by atoms with Gasteiger partial charge in [-0.25, -0.2) is 0 Å². The van der Waals surface area contributed by atoms with Crippen molar-refractivity contribution in [1.82, 2.24) is 0 Å². The molecule has 0 spiro atoms. The maximum Gasteiger partial charge on any atom is 0.280 e. The summed E-state index contributed by atoms with van der Waals surface area (Å²) in [6.07, 6.45) is 3.49. The van der Waals surface area contributed by atoms with Crippen molar-refractivity contribution in [3.8, 4) is 11.5 Å². The summed E-state index contributed by atoms with van der Waals surface area (Å²) in [5.41, 5.74) is 2.96. The Hall–Kier alpha value is -3.08. The van der Waals surface area contributed by atoms with Crippen molar-refractivity contribution in [2.45, 2.75) is 19.8 Å². The van der Waals surface area contributed by atoms with Crippen molar-refractivity contribution in [3.05, 3.63) is 59.7 Å². The third-order valence-electron chi connectivity index (χ3n) is 4.18. The first-order valence-electron chi connectivity index (χ1n) is 8.59. The maximum absolute atomic E-state index is 13.0. The molecule has 0 radical (unpaired) electrons. The fourth-order valence-corrected chi connectivity index (χ4v) is 2.86. The Kier molecular flexibility index (Phi) is 5.37. The topological polar surface area (TPSA) is 51.1 Å². The van der Waals surface area contributed by atoms with E-state index in [1.54, 1.807) is 20.3 Å². The minimum absolute atomic E-state index is 0.127. The van der Waals surface area contributed by atoms with Crippen molar-refractivity contribution in [3.63, 3.8) is 0 Å². The number of ether oxygens (including phenoxy) is 2. The molecule has 0 fully saturated rings. The number of carbonyl (C=O) groups excluding carboxylic acids is 1. The number of hydrogen-bond donors (Lipinski definition) is 0. The van der Waals surface area contributed by atoms with Gasteiger partial charge in [-0.05, 0) is 36.8 Å². The predicted octanol–water partition coefficient (Wildman–Crippen LogP) is 4.29. The second-order valence-corrected chi connectivity index (χ2v) is 5.92. The molecule has 5 heteroatoms. The molecular formula is C21H22N2O3.